The van der Waals surface area contributed by atoms with Gasteiger partial charge in [-0.25, -0.2) is 14.4 Å². The summed E-state index contributed by atoms with van der Waals surface area (Å²) in [5.41, 5.74) is 4.72. The molecule has 6 N–H and O–H groups in total. The van der Waals surface area contributed by atoms with Crippen molar-refractivity contribution in [1.82, 2.24) is 16.0 Å². The quantitative estimate of drug-likeness (QED) is 0.129. The Morgan fingerprint density at radius 3 is 1.98 bits per heavy atom. The first kappa shape index (κ1) is 34.2. The van der Waals surface area contributed by atoms with Crippen molar-refractivity contribution < 1.29 is 38.4 Å². The van der Waals surface area contributed by atoms with E-state index in [4.69, 9.17) is 10.5 Å². The van der Waals surface area contributed by atoms with Crippen LogP contribution in [0.4, 0.5) is 4.79 Å². The van der Waals surface area contributed by atoms with Crippen molar-refractivity contribution in [2.45, 2.75) is 111 Å². The number of nitrogens with two attached hydrogens (primary N) is 1. The molecule has 1 aliphatic heterocycles. The lowest BCUT2D eigenvalue weighted by atomic mass is 9.80. The van der Waals surface area contributed by atoms with E-state index in [1.807, 2.05) is 0 Å². The Hall–Kier alpha value is -3.28. The van der Waals surface area contributed by atoms with Gasteiger partial charge in [-0.05, 0) is 37.0 Å². The van der Waals surface area contributed by atoms with Gasteiger partial charge in [0.15, 0.2) is 12.1 Å². The standard InChI is InChI=1S/C31H49N5O7/c1-15(2)43-28(41)24(31(7,8)9)35-29(42)34-23(30(4,5)6)27(40)36-14-18-16(3)20(18)21(36)26(39)33-19(22(37)25(32)38)13-17-11-10-12-17/h15,17-21,23-24H,3,10-14H2,1-2,4-9H3,(H2,32,38)(H,33,39)(H2,34,35,42)/p+1/t18-,19?,20+,21+,23-,24+/m1/s1. The van der Waals surface area contributed by atoms with E-state index in [1.165, 1.54) is 0 Å². The Bertz CT molecular complexity index is 1160. The van der Waals surface area contributed by atoms with Gasteiger partial charge in [0, 0.05) is 5.92 Å². The van der Waals surface area contributed by atoms with E-state index in [1.54, 1.807) is 55.4 Å². The van der Waals surface area contributed by atoms with Gasteiger partial charge in [0.2, 0.25) is 5.78 Å². The number of primary amides is 1. The van der Waals surface area contributed by atoms with Crippen molar-refractivity contribution in [2.24, 2.45) is 34.3 Å². The van der Waals surface area contributed by atoms with Crippen LogP contribution < -0.4 is 26.6 Å². The molecule has 43 heavy (non-hydrogen) atoms. The predicted molar refractivity (Wildman–Crippen MR) is 158 cm³/mol. The number of amides is 5. The summed E-state index contributed by atoms with van der Waals surface area (Å²) in [6, 6.07) is -4.64. The second-order valence-electron chi connectivity index (χ2n) is 14.8. The molecule has 0 radical (unpaired) electrons. The van der Waals surface area contributed by atoms with Gasteiger partial charge in [-0.1, -0.05) is 73.0 Å². The Balaban J connectivity index is 1.80. The molecular weight excluding hydrogens is 554 g/mol. The number of piperidine rings is 1. The van der Waals surface area contributed by atoms with Crippen LogP contribution in [0.5, 0.6) is 0 Å². The van der Waals surface area contributed by atoms with Gasteiger partial charge < -0.3 is 26.4 Å². The molecule has 240 valence electrons. The number of ketones is 1. The molecule has 2 unspecified atom stereocenters. The first-order valence-corrected chi connectivity index (χ1v) is 15.2. The molecule has 0 bridgehead atoms. The van der Waals surface area contributed by atoms with E-state index in [9.17, 15) is 28.8 Å². The number of hydrogen-bond acceptors (Lipinski definition) is 7. The summed E-state index contributed by atoms with van der Waals surface area (Å²) < 4.78 is 5.35. The van der Waals surface area contributed by atoms with Crippen LogP contribution in [-0.4, -0.2) is 72.3 Å². The number of ether oxygens (including phenoxy) is 1. The summed E-state index contributed by atoms with van der Waals surface area (Å²) in [6.45, 7) is 18.6. The predicted octanol–water partition coefficient (Wildman–Crippen LogP) is 0.392. The summed E-state index contributed by atoms with van der Waals surface area (Å²) in [7, 11) is 0. The smallest absolute Gasteiger partial charge is 0.335 e. The molecule has 0 spiro atoms. The van der Waals surface area contributed by atoms with Gasteiger partial charge in [0.1, 0.15) is 6.04 Å². The van der Waals surface area contributed by atoms with E-state index < -0.39 is 70.5 Å². The maximum Gasteiger partial charge on any atom is 0.335 e. The third-order valence-electron chi connectivity index (χ3n) is 8.80. The van der Waals surface area contributed by atoms with E-state index in [0.29, 0.717) is 17.9 Å². The molecule has 3 aliphatic rings. The van der Waals surface area contributed by atoms with Crippen molar-refractivity contribution >= 4 is 35.5 Å². The van der Waals surface area contributed by atoms with Crippen LogP contribution in [0.25, 0.3) is 0 Å². The topological polar surface area (TPSA) is 178 Å². The van der Waals surface area contributed by atoms with Gasteiger partial charge >= 0.3 is 17.9 Å². The second kappa shape index (κ2) is 12.8. The molecule has 3 rings (SSSR count). The zero-order valence-corrected chi connectivity index (χ0v) is 26.8. The summed E-state index contributed by atoms with van der Waals surface area (Å²) in [4.78, 5) is 78.5. The molecule has 2 saturated carbocycles. The third-order valence-corrected chi connectivity index (χ3v) is 8.80. The maximum atomic E-state index is 14.1. The molecule has 1 saturated heterocycles. The van der Waals surface area contributed by atoms with Gasteiger partial charge in [0.25, 0.3) is 11.8 Å². The summed E-state index contributed by atoms with van der Waals surface area (Å²) in [5.74, 6) is -3.54. The van der Waals surface area contributed by atoms with Crippen LogP contribution in [0.3, 0.4) is 0 Å². The summed E-state index contributed by atoms with van der Waals surface area (Å²) in [5, 5.41) is 8.18. The number of likely N-dealkylation sites (tertiary alicyclic amines) is 1. The highest BCUT2D eigenvalue weighted by molar-refractivity contribution is 6.37. The number of esters is 1. The molecule has 2 aliphatic carbocycles. The first-order chi connectivity index (χ1) is 19.7. The molecule has 7 atom stereocenters. The highest BCUT2D eigenvalue weighted by Crippen LogP contribution is 2.48. The van der Waals surface area contributed by atoms with E-state index in [0.717, 1.165) is 24.8 Å². The largest absolute Gasteiger partial charge is 0.461 e. The number of carbonyl (C=O) groups excluding carboxylic acids is 6. The number of hydrogen-bond donors (Lipinski definition) is 5. The van der Waals surface area contributed by atoms with Gasteiger partial charge in [-0.3, -0.25) is 19.3 Å². The zero-order valence-electron chi connectivity index (χ0n) is 26.8. The van der Waals surface area contributed by atoms with Crippen LogP contribution >= 0.6 is 0 Å². The molecule has 0 aromatic rings. The normalized spacial score (nSPS) is 25.5. The Morgan fingerprint density at radius 1 is 0.953 bits per heavy atom. The third kappa shape index (κ3) is 8.01. The number of Topliss-reactive ketones (excluding diaryl/α,β-unsaturated/α-hetero) is 1. The molecule has 5 amide bonds. The van der Waals surface area contributed by atoms with Crippen molar-refractivity contribution in [1.29, 1.82) is 0 Å². The summed E-state index contributed by atoms with van der Waals surface area (Å²) >= 11 is 0. The van der Waals surface area contributed by atoms with Crippen LogP contribution in [0.15, 0.2) is 12.2 Å². The minimum atomic E-state index is -1.11. The molecule has 0 aromatic heterocycles. The fourth-order valence-electron chi connectivity index (χ4n) is 6.08. The molecule has 12 nitrogen and oxygen atoms in total. The molecule has 1 heterocycles. The monoisotopic (exact) mass is 604 g/mol. The fourth-order valence-corrected chi connectivity index (χ4v) is 6.08. The van der Waals surface area contributed by atoms with Crippen LogP contribution in [0.2, 0.25) is 0 Å². The van der Waals surface area contributed by atoms with Crippen molar-refractivity contribution in [3.63, 3.8) is 0 Å². The average Bonchev–Trinajstić information content (AvgIpc) is 3.27. The number of carbonyl (C=O) groups is 6. The Morgan fingerprint density at radius 2 is 1.51 bits per heavy atom. The van der Waals surface area contributed by atoms with Crippen molar-refractivity contribution in [2.75, 3.05) is 6.54 Å². The first-order valence-electron chi connectivity index (χ1n) is 15.2. The van der Waals surface area contributed by atoms with E-state index in [2.05, 4.69) is 22.5 Å². The second-order valence-corrected chi connectivity index (χ2v) is 14.8. The number of nitrogens with one attached hydrogen (secondary N) is 4. The number of fused-ring (bicyclic) bond motifs is 1. The molecule has 12 heteroatoms. The lowest BCUT2D eigenvalue weighted by molar-refractivity contribution is -0.829. The molecule has 3 fully saturated rings. The van der Waals surface area contributed by atoms with Gasteiger partial charge in [-0.15, -0.1) is 0 Å². The molecule has 0 aromatic carbocycles. The van der Waals surface area contributed by atoms with Gasteiger partial charge in [-0.2, -0.15) is 0 Å². The van der Waals surface area contributed by atoms with Crippen molar-refractivity contribution in [3.05, 3.63) is 12.2 Å². The van der Waals surface area contributed by atoms with Gasteiger partial charge in [0.05, 0.1) is 24.6 Å². The van der Waals surface area contributed by atoms with Crippen molar-refractivity contribution in [3.8, 4) is 0 Å². The Labute approximate surface area is 254 Å². The summed E-state index contributed by atoms with van der Waals surface area (Å²) in [6.07, 6.45) is 2.79. The molecular formula is C31H50N5O7+. The number of urea groups is 1. The number of rotatable bonds is 11. The SMILES string of the molecule is C=C1[C@H]2[C@@H]1C[NH+](C(=O)[C@@H](NC(=O)N[C@@H](C(=O)OC(C)C)C(C)(C)C)C(C)(C)C)[C@@H]2C(=O)NC(CC1CCC1)C(=O)C(N)=O. The lowest BCUT2D eigenvalue weighted by Crippen LogP contribution is -3.20. The number of quaternary nitrogens is 1. The van der Waals surface area contributed by atoms with Crippen LogP contribution in [0, 0.1) is 28.6 Å². The van der Waals surface area contributed by atoms with Crippen LogP contribution in [0.1, 0.15) is 81.1 Å². The maximum absolute atomic E-state index is 14.1. The highest BCUT2D eigenvalue weighted by Gasteiger charge is 2.65. The zero-order chi connectivity index (χ0) is 32.6. The lowest BCUT2D eigenvalue weighted by Gasteiger charge is -2.35. The minimum Gasteiger partial charge on any atom is -0.461 e. The Kier molecular flexibility index (Phi) is 10.1. The van der Waals surface area contributed by atoms with E-state index in [-0.39, 0.29) is 23.9 Å². The van der Waals surface area contributed by atoms with E-state index >= 15 is 0 Å². The average molecular weight is 605 g/mol. The highest BCUT2D eigenvalue weighted by atomic mass is 16.5. The minimum absolute atomic E-state index is 0.0443. The fraction of sp³-hybridized carbons (Fsp3) is 0.742. The van der Waals surface area contributed by atoms with Crippen LogP contribution in [-0.2, 0) is 28.7 Å².